The van der Waals surface area contributed by atoms with Crippen LogP contribution < -0.4 is 5.32 Å². The number of aliphatic hydroxyl groups is 1. The quantitative estimate of drug-likeness (QED) is 0.743. The van der Waals surface area contributed by atoms with Gasteiger partial charge in [0.25, 0.3) is 5.91 Å². The number of nitrogens with zero attached hydrogens (tertiary/aromatic N) is 2. The molecule has 0 spiro atoms. The second-order valence-corrected chi connectivity index (χ2v) is 7.14. The highest BCUT2D eigenvalue weighted by atomic mass is 16.3. The molecule has 1 fully saturated rings. The Morgan fingerprint density at radius 2 is 2.26 bits per heavy atom. The molecule has 3 heterocycles. The standard InChI is InChI=1S/C21H23N3O3/c1-14-4-2-6-16-10-19(27-20(14)16)21(26)23-17-7-9-24(13-18(17)25)12-15-5-3-8-22-11-15/h2-6,8,10-11,17-18,25H,7,9,12-13H2,1H3,(H,23,26)/t17-,18-/m1/s1. The van der Waals surface area contributed by atoms with E-state index in [0.717, 1.165) is 35.2 Å². The van der Waals surface area contributed by atoms with E-state index in [9.17, 15) is 9.90 Å². The summed E-state index contributed by atoms with van der Waals surface area (Å²) in [6.07, 6.45) is 3.65. The summed E-state index contributed by atoms with van der Waals surface area (Å²) in [7, 11) is 0. The molecule has 2 aromatic heterocycles. The van der Waals surface area contributed by atoms with Gasteiger partial charge in [-0.25, -0.2) is 0 Å². The highest BCUT2D eigenvalue weighted by molar-refractivity contribution is 5.96. The second kappa shape index (κ2) is 7.50. The number of amides is 1. The second-order valence-electron chi connectivity index (χ2n) is 7.14. The Kier molecular flexibility index (Phi) is 4.92. The molecular formula is C21H23N3O3. The summed E-state index contributed by atoms with van der Waals surface area (Å²) >= 11 is 0. The molecule has 6 nitrogen and oxygen atoms in total. The van der Waals surface area contributed by atoms with Gasteiger partial charge in [-0.15, -0.1) is 0 Å². The number of nitrogens with one attached hydrogen (secondary N) is 1. The number of furan rings is 1. The minimum atomic E-state index is -0.620. The molecule has 1 amide bonds. The molecule has 140 valence electrons. The normalized spacial score (nSPS) is 20.7. The molecule has 2 N–H and O–H groups in total. The number of para-hydroxylation sites is 1. The fourth-order valence-electron chi connectivity index (χ4n) is 3.62. The van der Waals surface area contributed by atoms with Crippen LogP contribution in [0.5, 0.6) is 0 Å². The van der Waals surface area contributed by atoms with Crippen molar-refractivity contribution in [3.8, 4) is 0 Å². The van der Waals surface area contributed by atoms with Gasteiger partial charge in [0.2, 0.25) is 0 Å². The molecule has 1 aromatic carbocycles. The molecule has 1 aliphatic heterocycles. The number of piperidine rings is 1. The van der Waals surface area contributed by atoms with Crippen molar-refractivity contribution >= 4 is 16.9 Å². The van der Waals surface area contributed by atoms with Crippen molar-refractivity contribution in [2.45, 2.75) is 32.0 Å². The number of aliphatic hydroxyl groups excluding tert-OH is 1. The molecular weight excluding hydrogens is 342 g/mol. The molecule has 2 atom stereocenters. The third kappa shape index (κ3) is 3.86. The minimum Gasteiger partial charge on any atom is -0.451 e. The SMILES string of the molecule is Cc1cccc2cc(C(=O)N[C@@H]3CCN(Cc4cccnc4)C[C@H]3O)oc12. The Morgan fingerprint density at radius 3 is 3.00 bits per heavy atom. The van der Waals surface area contributed by atoms with Crippen LogP contribution in [0, 0.1) is 6.92 Å². The van der Waals surface area contributed by atoms with Crippen molar-refractivity contribution < 1.29 is 14.3 Å². The van der Waals surface area contributed by atoms with Gasteiger partial charge in [0.15, 0.2) is 5.76 Å². The maximum atomic E-state index is 12.6. The highest BCUT2D eigenvalue weighted by Crippen LogP contribution is 2.23. The van der Waals surface area contributed by atoms with Crippen LogP contribution in [0.15, 0.2) is 53.2 Å². The third-order valence-electron chi connectivity index (χ3n) is 5.08. The van der Waals surface area contributed by atoms with E-state index < -0.39 is 6.10 Å². The van der Waals surface area contributed by atoms with E-state index in [1.54, 1.807) is 12.3 Å². The van der Waals surface area contributed by atoms with Gasteiger partial charge in [0.05, 0.1) is 12.1 Å². The zero-order valence-corrected chi connectivity index (χ0v) is 15.3. The average molecular weight is 365 g/mol. The predicted molar refractivity (Wildman–Crippen MR) is 102 cm³/mol. The van der Waals surface area contributed by atoms with Crippen LogP contribution in [0.25, 0.3) is 11.0 Å². The summed E-state index contributed by atoms with van der Waals surface area (Å²) in [5.41, 5.74) is 2.84. The van der Waals surface area contributed by atoms with Gasteiger partial charge in [-0.1, -0.05) is 24.3 Å². The molecule has 3 aromatic rings. The van der Waals surface area contributed by atoms with Crippen molar-refractivity contribution in [3.05, 3.63) is 65.7 Å². The first-order valence-corrected chi connectivity index (χ1v) is 9.19. The Balaban J connectivity index is 1.38. The summed E-state index contributed by atoms with van der Waals surface area (Å²) in [5.74, 6) is -0.000325. The first-order valence-electron chi connectivity index (χ1n) is 9.19. The van der Waals surface area contributed by atoms with Gasteiger partial charge < -0.3 is 14.8 Å². The van der Waals surface area contributed by atoms with Gasteiger partial charge in [-0.05, 0) is 36.6 Å². The lowest BCUT2D eigenvalue weighted by Crippen LogP contribution is -2.53. The van der Waals surface area contributed by atoms with Crippen LogP contribution in [0.4, 0.5) is 0 Å². The lowest BCUT2D eigenvalue weighted by Gasteiger charge is -2.36. The van der Waals surface area contributed by atoms with E-state index >= 15 is 0 Å². The number of aryl methyl sites for hydroxylation is 1. The van der Waals surface area contributed by atoms with Crippen molar-refractivity contribution in [2.75, 3.05) is 13.1 Å². The summed E-state index contributed by atoms with van der Waals surface area (Å²) in [4.78, 5) is 18.9. The van der Waals surface area contributed by atoms with Crippen molar-refractivity contribution in [3.63, 3.8) is 0 Å². The van der Waals surface area contributed by atoms with Gasteiger partial charge >= 0.3 is 0 Å². The first kappa shape index (κ1) is 17.7. The Morgan fingerprint density at radius 1 is 1.37 bits per heavy atom. The number of likely N-dealkylation sites (tertiary alicyclic amines) is 1. The Bertz CT molecular complexity index is 938. The van der Waals surface area contributed by atoms with Crippen molar-refractivity contribution in [2.24, 2.45) is 0 Å². The molecule has 0 aliphatic carbocycles. The van der Waals surface area contributed by atoms with Crippen LogP contribution >= 0.6 is 0 Å². The number of β-amino-alcohol motifs (C(OH)–C–C–N with tert-alkyl or cyclic N) is 1. The number of aromatic nitrogens is 1. The molecule has 0 bridgehead atoms. The Hall–Kier alpha value is -2.70. The van der Waals surface area contributed by atoms with Gasteiger partial charge in [-0.2, -0.15) is 0 Å². The number of hydrogen-bond acceptors (Lipinski definition) is 5. The smallest absolute Gasteiger partial charge is 0.287 e. The average Bonchev–Trinajstić information content (AvgIpc) is 3.11. The van der Waals surface area contributed by atoms with E-state index in [1.165, 1.54) is 0 Å². The fraction of sp³-hybridized carbons (Fsp3) is 0.333. The highest BCUT2D eigenvalue weighted by Gasteiger charge is 2.29. The number of fused-ring (bicyclic) bond motifs is 1. The monoisotopic (exact) mass is 365 g/mol. The lowest BCUT2D eigenvalue weighted by atomic mass is 10.0. The van der Waals surface area contributed by atoms with Crippen LogP contribution in [0.2, 0.25) is 0 Å². The zero-order chi connectivity index (χ0) is 18.8. The maximum absolute atomic E-state index is 12.6. The molecule has 1 saturated heterocycles. The predicted octanol–water partition coefficient (Wildman–Crippen LogP) is 2.50. The van der Waals surface area contributed by atoms with Crippen molar-refractivity contribution in [1.29, 1.82) is 0 Å². The molecule has 4 rings (SSSR count). The molecule has 0 radical (unpaired) electrons. The summed E-state index contributed by atoms with van der Waals surface area (Å²) in [5, 5.41) is 14.3. The van der Waals surface area contributed by atoms with E-state index in [2.05, 4.69) is 15.2 Å². The van der Waals surface area contributed by atoms with Gasteiger partial charge in [0, 0.05) is 37.4 Å². The maximum Gasteiger partial charge on any atom is 0.287 e. The minimum absolute atomic E-state index is 0.281. The fourth-order valence-corrected chi connectivity index (χ4v) is 3.62. The number of carbonyl (C=O) groups excluding carboxylic acids is 1. The van der Waals surface area contributed by atoms with Crippen LogP contribution in [0.1, 0.15) is 28.1 Å². The molecule has 27 heavy (non-hydrogen) atoms. The van der Waals surface area contributed by atoms with Crippen molar-refractivity contribution in [1.82, 2.24) is 15.2 Å². The number of rotatable bonds is 4. The van der Waals surface area contributed by atoms with Crippen LogP contribution in [-0.2, 0) is 6.54 Å². The summed E-state index contributed by atoms with van der Waals surface area (Å²) in [6, 6.07) is 11.2. The van der Waals surface area contributed by atoms with E-state index in [-0.39, 0.29) is 17.7 Å². The van der Waals surface area contributed by atoms with Gasteiger partial charge in [-0.3, -0.25) is 14.7 Å². The first-order chi connectivity index (χ1) is 13.1. The molecule has 6 heteroatoms. The third-order valence-corrected chi connectivity index (χ3v) is 5.08. The summed E-state index contributed by atoms with van der Waals surface area (Å²) < 4.78 is 5.73. The number of pyridine rings is 1. The topological polar surface area (TPSA) is 78.6 Å². The van der Waals surface area contributed by atoms with Crippen LogP contribution in [-0.4, -0.2) is 46.1 Å². The van der Waals surface area contributed by atoms with E-state index in [1.807, 2.05) is 43.5 Å². The van der Waals surface area contributed by atoms with E-state index in [4.69, 9.17) is 4.42 Å². The van der Waals surface area contributed by atoms with E-state index in [0.29, 0.717) is 13.0 Å². The summed E-state index contributed by atoms with van der Waals surface area (Å²) in [6.45, 7) is 4.01. The number of carbonyl (C=O) groups is 1. The largest absolute Gasteiger partial charge is 0.451 e. The zero-order valence-electron chi connectivity index (χ0n) is 15.3. The molecule has 0 unspecified atom stereocenters. The number of hydrogen-bond donors (Lipinski definition) is 2. The molecule has 1 aliphatic rings. The van der Waals surface area contributed by atoms with Crippen LogP contribution in [0.3, 0.4) is 0 Å². The Labute approximate surface area is 157 Å². The lowest BCUT2D eigenvalue weighted by molar-refractivity contribution is 0.0343. The number of benzene rings is 1. The van der Waals surface area contributed by atoms with Gasteiger partial charge in [0.1, 0.15) is 5.58 Å². The molecule has 0 saturated carbocycles.